The number of nitrogens with one attached hydrogen (secondary N) is 1. The van der Waals surface area contributed by atoms with Crippen molar-refractivity contribution in [2.24, 2.45) is 5.92 Å². The van der Waals surface area contributed by atoms with Crippen molar-refractivity contribution in [1.82, 2.24) is 10.3 Å². The van der Waals surface area contributed by atoms with Crippen LogP contribution in [0.25, 0.3) is 0 Å². The Morgan fingerprint density at radius 2 is 1.96 bits per heavy atom. The fraction of sp³-hybridized carbons (Fsp3) is 0.500. The number of fused-ring (bicyclic) bond motifs is 1. The summed E-state index contributed by atoms with van der Waals surface area (Å²) in [6.45, 7) is 2.12. The molecule has 0 saturated heterocycles. The van der Waals surface area contributed by atoms with Gasteiger partial charge in [-0.1, -0.05) is 19.3 Å². The monoisotopic (exact) mass is 330 g/mol. The van der Waals surface area contributed by atoms with E-state index in [2.05, 4.69) is 17.2 Å². The molecule has 2 aliphatic rings. The summed E-state index contributed by atoms with van der Waals surface area (Å²) in [6, 6.07) is 3.59. The van der Waals surface area contributed by atoms with Gasteiger partial charge in [0.2, 0.25) is 11.6 Å². The number of carbonyl (C=O) groups excluding carboxylic acids is 2. The number of ketones is 2. The Morgan fingerprint density at radius 1 is 1.22 bits per heavy atom. The molecule has 1 atom stereocenters. The minimum Gasteiger partial charge on any atom is -0.378 e. The van der Waals surface area contributed by atoms with Gasteiger partial charge in [-0.05, 0) is 44.1 Å². The molecule has 122 valence electrons. The van der Waals surface area contributed by atoms with Crippen molar-refractivity contribution in [3.8, 4) is 0 Å². The third-order valence-corrected chi connectivity index (χ3v) is 5.66. The molecular formula is C18H22N2O2S. The second kappa shape index (κ2) is 6.87. The summed E-state index contributed by atoms with van der Waals surface area (Å²) in [7, 11) is 0. The Hall–Kier alpha value is -1.62. The molecule has 0 aromatic carbocycles. The summed E-state index contributed by atoms with van der Waals surface area (Å²) in [5.74, 6) is 0.309. The first-order chi connectivity index (χ1) is 11.1. The summed E-state index contributed by atoms with van der Waals surface area (Å²) in [6.07, 6.45) is 9.59. The highest BCUT2D eigenvalue weighted by Gasteiger charge is 2.34. The lowest BCUT2D eigenvalue weighted by Gasteiger charge is -2.31. The van der Waals surface area contributed by atoms with Crippen LogP contribution in [0, 0.1) is 5.92 Å². The lowest BCUT2D eigenvalue weighted by Crippen LogP contribution is -2.39. The number of hydrogen-bond donors (Lipinski definition) is 1. The highest BCUT2D eigenvalue weighted by molar-refractivity contribution is 8.03. The zero-order valence-corrected chi connectivity index (χ0v) is 14.4. The van der Waals surface area contributed by atoms with Gasteiger partial charge < -0.3 is 5.32 Å². The number of rotatable bonds is 4. The molecule has 2 aliphatic carbocycles. The smallest absolute Gasteiger partial charge is 0.220 e. The van der Waals surface area contributed by atoms with E-state index >= 15 is 0 Å². The fourth-order valence-electron chi connectivity index (χ4n) is 3.53. The molecule has 0 aliphatic heterocycles. The molecule has 1 aromatic rings. The topological polar surface area (TPSA) is 59.1 Å². The Morgan fingerprint density at radius 3 is 2.65 bits per heavy atom. The van der Waals surface area contributed by atoms with Gasteiger partial charge in [0.05, 0.1) is 10.5 Å². The number of allylic oxidation sites excluding steroid dienone is 2. The van der Waals surface area contributed by atoms with Crippen molar-refractivity contribution in [3.63, 3.8) is 0 Å². The molecule has 3 rings (SSSR count). The van der Waals surface area contributed by atoms with Crippen molar-refractivity contribution < 1.29 is 9.59 Å². The second-order valence-electron chi connectivity index (χ2n) is 6.30. The molecule has 0 bridgehead atoms. The first-order valence-corrected chi connectivity index (χ1v) is 9.45. The second-order valence-corrected chi connectivity index (χ2v) is 7.11. The largest absolute Gasteiger partial charge is 0.378 e. The summed E-state index contributed by atoms with van der Waals surface area (Å²) < 4.78 is 0. The van der Waals surface area contributed by atoms with Crippen LogP contribution < -0.4 is 5.32 Å². The maximum atomic E-state index is 12.8. The highest BCUT2D eigenvalue weighted by Crippen LogP contribution is 2.32. The minimum atomic E-state index is -0.147. The average Bonchev–Trinajstić information content (AvgIpc) is 2.60. The van der Waals surface area contributed by atoms with Gasteiger partial charge in [0.1, 0.15) is 11.4 Å². The number of thioether (sulfide) groups is 1. The zero-order chi connectivity index (χ0) is 16.4. The van der Waals surface area contributed by atoms with Crippen LogP contribution >= 0.6 is 11.8 Å². The summed E-state index contributed by atoms with van der Waals surface area (Å²) in [5, 5.41) is 3.37. The van der Waals surface area contributed by atoms with E-state index in [-0.39, 0.29) is 23.3 Å². The predicted molar refractivity (Wildman–Crippen MR) is 92.6 cm³/mol. The lowest BCUT2D eigenvalue weighted by molar-refractivity contribution is 0.0968. The summed E-state index contributed by atoms with van der Waals surface area (Å²) >= 11 is 1.32. The molecule has 0 spiro atoms. The van der Waals surface area contributed by atoms with Gasteiger partial charge >= 0.3 is 0 Å². The lowest BCUT2D eigenvalue weighted by atomic mass is 9.84. The molecule has 5 heteroatoms. The highest BCUT2D eigenvalue weighted by atomic mass is 32.2. The maximum absolute atomic E-state index is 12.8. The van der Waals surface area contributed by atoms with Crippen molar-refractivity contribution in [2.45, 2.75) is 45.1 Å². The number of aromatic nitrogens is 1. The molecule has 0 unspecified atom stereocenters. The van der Waals surface area contributed by atoms with Gasteiger partial charge in [-0.2, -0.15) is 0 Å². The van der Waals surface area contributed by atoms with Gasteiger partial charge in [-0.3, -0.25) is 14.6 Å². The van der Waals surface area contributed by atoms with Gasteiger partial charge in [0, 0.05) is 12.2 Å². The zero-order valence-electron chi connectivity index (χ0n) is 13.6. The first kappa shape index (κ1) is 16.2. The van der Waals surface area contributed by atoms with E-state index in [1.165, 1.54) is 43.9 Å². The van der Waals surface area contributed by atoms with E-state index < -0.39 is 0 Å². The predicted octanol–water partition coefficient (Wildman–Crippen LogP) is 3.59. The molecule has 1 saturated carbocycles. The molecule has 1 aromatic heterocycles. The van der Waals surface area contributed by atoms with Crippen LogP contribution in [-0.2, 0) is 0 Å². The van der Waals surface area contributed by atoms with Crippen LogP contribution in [0.15, 0.2) is 28.9 Å². The van der Waals surface area contributed by atoms with Crippen molar-refractivity contribution in [2.75, 3.05) is 6.26 Å². The normalized spacial score (nSPS) is 20.4. The van der Waals surface area contributed by atoms with Crippen LogP contribution in [0.4, 0.5) is 0 Å². The van der Waals surface area contributed by atoms with Crippen LogP contribution in [0.5, 0.6) is 0 Å². The van der Waals surface area contributed by atoms with Crippen LogP contribution in [0.2, 0.25) is 0 Å². The molecule has 4 nitrogen and oxygen atoms in total. The molecule has 23 heavy (non-hydrogen) atoms. The molecule has 0 amide bonds. The molecule has 1 N–H and O–H groups in total. The van der Waals surface area contributed by atoms with Gasteiger partial charge in [-0.25, -0.2) is 0 Å². The maximum Gasteiger partial charge on any atom is 0.220 e. The minimum absolute atomic E-state index is 0.111. The van der Waals surface area contributed by atoms with Crippen molar-refractivity contribution >= 4 is 23.3 Å². The first-order valence-electron chi connectivity index (χ1n) is 8.22. The number of Topliss-reactive ketones (excluding diaryl/α,β-unsaturated/α-hetero) is 2. The third kappa shape index (κ3) is 3.07. The molecular weight excluding hydrogens is 308 g/mol. The van der Waals surface area contributed by atoms with Crippen molar-refractivity contribution in [1.29, 1.82) is 0 Å². The molecule has 1 fully saturated rings. The van der Waals surface area contributed by atoms with E-state index in [1.807, 2.05) is 6.26 Å². The summed E-state index contributed by atoms with van der Waals surface area (Å²) in [4.78, 5) is 30.0. The number of pyridine rings is 1. The van der Waals surface area contributed by atoms with E-state index in [0.717, 1.165) is 0 Å². The van der Waals surface area contributed by atoms with E-state index in [9.17, 15) is 9.59 Å². The Kier molecular flexibility index (Phi) is 4.85. The average molecular weight is 330 g/mol. The summed E-state index contributed by atoms with van der Waals surface area (Å²) in [5.41, 5.74) is 1.15. The molecule has 0 radical (unpaired) electrons. The Bertz CT molecular complexity index is 663. The molecule has 1 heterocycles. The fourth-order valence-corrected chi connectivity index (χ4v) is 4.17. The van der Waals surface area contributed by atoms with Crippen LogP contribution in [0.3, 0.4) is 0 Å². The third-order valence-electron chi connectivity index (χ3n) is 4.86. The number of nitrogens with zero attached hydrogens (tertiary/aromatic N) is 1. The van der Waals surface area contributed by atoms with Gasteiger partial charge in [-0.15, -0.1) is 11.8 Å². The van der Waals surface area contributed by atoms with Crippen LogP contribution in [0.1, 0.15) is 59.9 Å². The SMILES string of the molecule is CSC1=C(N[C@H](C)C2CCCCC2)C(=O)c2cccnc2C1=O. The Balaban J connectivity index is 1.89. The van der Waals surface area contributed by atoms with E-state index in [1.54, 1.807) is 18.3 Å². The number of hydrogen-bond acceptors (Lipinski definition) is 5. The quantitative estimate of drug-likeness (QED) is 0.914. The standard InChI is InChI=1S/C18H22N2O2S/c1-11(12-7-4-3-5-8-12)20-15-16(21)13-9-6-10-19-14(13)17(22)18(15)23-2/h6,9-12,20H,3-5,7-8H2,1-2H3/t11-/m1/s1. The van der Waals surface area contributed by atoms with Gasteiger partial charge in [0.25, 0.3) is 0 Å². The van der Waals surface area contributed by atoms with Crippen LogP contribution in [-0.4, -0.2) is 28.8 Å². The van der Waals surface area contributed by atoms with Crippen molar-refractivity contribution in [3.05, 3.63) is 40.2 Å². The Labute approximate surface area is 141 Å². The van der Waals surface area contributed by atoms with Gasteiger partial charge in [0.15, 0.2) is 0 Å². The number of carbonyl (C=O) groups is 2. The van der Waals surface area contributed by atoms with E-state index in [0.29, 0.717) is 22.1 Å². The van der Waals surface area contributed by atoms with E-state index in [4.69, 9.17) is 0 Å².